The van der Waals surface area contributed by atoms with Crippen LogP contribution < -0.4 is 5.32 Å². The van der Waals surface area contributed by atoms with Crippen LogP contribution in [-0.2, 0) is 17.6 Å². The molecule has 0 bridgehead atoms. The van der Waals surface area contributed by atoms with Crippen molar-refractivity contribution in [3.63, 3.8) is 0 Å². The SMILES string of the molecule is CCc1cnc(Cl)nc1NC1CCC2CN(C(=O)C3(Cc4ccccc4)CC3)CC2C1. The van der Waals surface area contributed by atoms with Crippen molar-refractivity contribution in [2.24, 2.45) is 17.3 Å². The van der Waals surface area contributed by atoms with Gasteiger partial charge in [-0.25, -0.2) is 9.97 Å². The molecule has 5 rings (SSSR count). The molecule has 2 heterocycles. The van der Waals surface area contributed by atoms with E-state index in [1.807, 2.05) is 12.3 Å². The van der Waals surface area contributed by atoms with Crippen LogP contribution in [0.2, 0.25) is 5.28 Å². The fourth-order valence-corrected chi connectivity index (χ4v) is 5.76. The van der Waals surface area contributed by atoms with Crippen molar-refractivity contribution in [1.29, 1.82) is 0 Å². The molecule has 3 atom stereocenters. The number of rotatable bonds is 6. The molecule has 0 radical (unpaired) electrons. The summed E-state index contributed by atoms with van der Waals surface area (Å²) in [6, 6.07) is 10.9. The molecule has 3 fully saturated rings. The van der Waals surface area contributed by atoms with Gasteiger partial charge >= 0.3 is 0 Å². The van der Waals surface area contributed by atoms with Crippen molar-refractivity contribution in [1.82, 2.24) is 14.9 Å². The Bertz CT molecular complexity index is 946. The van der Waals surface area contributed by atoms with Crippen molar-refractivity contribution >= 4 is 23.3 Å². The van der Waals surface area contributed by atoms with Gasteiger partial charge in [0.2, 0.25) is 11.2 Å². The van der Waals surface area contributed by atoms with Crippen LogP contribution >= 0.6 is 11.6 Å². The van der Waals surface area contributed by atoms with Crippen molar-refractivity contribution in [3.8, 4) is 0 Å². The fraction of sp³-hybridized carbons (Fsp3) is 0.560. The standard InChI is InChI=1S/C25H31ClN4O/c1-2-18-14-27-24(26)29-22(18)28-21-9-8-19-15-30(16-20(19)12-21)23(31)25(10-11-25)13-17-6-4-3-5-7-17/h3-7,14,19-21H,2,8-13,15-16H2,1H3,(H,27,28,29). The highest BCUT2D eigenvalue weighted by molar-refractivity contribution is 6.28. The summed E-state index contributed by atoms with van der Waals surface area (Å²) < 4.78 is 0. The molecule has 1 aromatic heterocycles. The molecule has 2 saturated carbocycles. The van der Waals surface area contributed by atoms with Crippen LogP contribution in [-0.4, -0.2) is 39.9 Å². The van der Waals surface area contributed by atoms with E-state index in [4.69, 9.17) is 11.6 Å². The number of aryl methyl sites for hydroxylation is 1. The first-order valence-electron chi connectivity index (χ1n) is 11.7. The van der Waals surface area contributed by atoms with E-state index in [1.165, 1.54) is 5.56 Å². The molecule has 3 aliphatic rings. The Morgan fingerprint density at radius 2 is 1.97 bits per heavy atom. The van der Waals surface area contributed by atoms with Gasteiger partial charge in [0.1, 0.15) is 5.82 Å². The summed E-state index contributed by atoms with van der Waals surface area (Å²) in [7, 11) is 0. The molecule has 1 saturated heterocycles. The quantitative estimate of drug-likeness (QED) is 0.661. The highest BCUT2D eigenvalue weighted by Gasteiger charge is 2.53. The van der Waals surface area contributed by atoms with E-state index in [-0.39, 0.29) is 5.41 Å². The van der Waals surface area contributed by atoms with Crippen LogP contribution in [0.15, 0.2) is 36.5 Å². The van der Waals surface area contributed by atoms with Gasteiger partial charge in [-0.1, -0.05) is 37.3 Å². The van der Waals surface area contributed by atoms with E-state index in [9.17, 15) is 4.79 Å². The molecule has 31 heavy (non-hydrogen) atoms. The van der Waals surface area contributed by atoms with Crippen LogP contribution in [0, 0.1) is 17.3 Å². The van der Waals surface area contributed by atoms with Gasteiger partial charge in [-0.2, -0.15) is 0 Å². The van der Waals surface area contributed by atoms with Crippen LogP contribution in [0.25, 0.3) is 0 Å². The molecular formula is C25H31ClN4O. The summed E-state index contributed by atoms with van der Waals surface area (Å²) in [5.74, 6) is 2.47. The Hall–Kier alpha value is -2.14. The molecule has 2 aliphatic carbocycles. The van der Waals surface area contributed by atoms with Gasteiger partial charge < -0.3 is 10.2 Å². The summed E-state index contributed by atoms with van der Waals surface area (Å²) in [6.07, 6.45) is 9.02. The first kappa shape index (κ1) is 20.7. The number of fused-ring (bicyclic) bond motifs is 1. The summed E-state index contributed by atoms with van der Waals surface area (Å²) in [5.41, 5.74) is 2.25. The number of nitrogens with zero attached hydrogens (tertiary/aromatic N) is 3. The number of carbonyl (C=O) groups excluding carboxylic acids is 1. The zero-order chi connectivity index (χ0) is 21.4. The Morgan fingerprint density at radius 1 is 1.19 bits per heavy atom. The molecular weight excluding hydrogens is 408 g/mol. The number of nitrogens with one attached hydrogen (secondary N) is 1. The second-order valence-corrected chi connectivity index (χ2v) is 10.0. The second-order valence-electron chi connectivity index (χ2n) is 9.69. The van der Waals surface area contributed by atoms with Crippen molar-refractivity contribution < 1.29 is 4.79 Å². The Balaban J connectivity index is 1.21. The lowest BCUT2D eigenvalue weighted by Gasteiger charge is -2.32. The number of halogens is 1. The average Bonchev–Trinajstić information content (AvgIpc) is 3.43. The maximum absolute atomic E-state index is 13.4. The molecule has 3 unspecified atom stereocenters. The van der Waals surface area contributed by atoms with Crippen LogP contribution in [0.3, 0.4) is 0 Å². The molecule has 6 heteroatoms. The highest BCUT2D eigenvalue weighted by atomic mass is 35.5. The van der Waals surface area contributed by atoms with Crippen LogP contribution in [0.4, 0.5) is 5.82 Å². The number of likely N-dealkylation sites (tertiary alicyclic amines) is 1. The topological polar surface area (TPSA) is 58.1 Å². The lowest BCUT2D eigenvalue weighted by atomic mass is 9.79. The fourth-order valence-electron chi connectivity index (χ4n) is 5.63. The molecule has 1 aromatic carbocycles. The summed E-state index contributed by atoms with van der Waals surface area (Å²) >= 11 is 6.03. The van der Waals surface area contributed by atoms with Gasteiger partial charge in [-0.15, -0.1) is 0 Å². The van der Waals surface area contributed by atoms with E-state index in [1.54, 1.807) is 0 Å². The van der Waals surface area contributed by atoms with E-state index in [0.29, 0.717) is 29.1 Å². The van der Waals surface area contributed by atoms with Gasteiger partial charge in [0.05, 0.1) is 5.41 Å². The molecule has 1 amide bonds. The summed E-state index contributed by atoms with van der Waals surface area (Å²) in [6.45, 7) is 3.95. The van der Waals surface area contributed by atoms with E-state index in [0.717, 1.165) is 69.4 Å². The zero-order valence-corrected chi connectivity index (χ0v) is 18.9. The third kappa shape index (κ3) is 4.30. The number of anilines is 1. The normalized spacial score (nSPS) is 26.4. The summed E-state index contributed by atoms with van der Waals surface area (Å²) in [5, 5.41) is 3.93. The van der Waals surface area contributed by atoms with Crippen LogP contribution in [0.1, 0.15) is 50.2 Å². The molecule has 0 spiro atoms. The predicted octanol–water partition coefficient (Wildman–Crippen LogP) is 4.75. The largest absolute Gasteiger partial charge is 0.367 e. The number of amides is 1. The number of hydrogen-bond acceptors (Lipinski definition) is 4. The lowest BCUT2D eigenvalue weighted by Crippen LogP contribution is -2.37. The third-order valence-electron chi connectivity index (χ3n) is 7.59. The maximum atomic E-state index is 13.4. The minimum Gasteiger partial charge on any atom is -0.367 e. The van der Waals surface area contributed by atoms with E-state index >= 15 is 0 Å². The summed E-state index contributed by atoms with van der Waals surface area (Å²) in [4.78, 5) is 24.2. The van der Waals surface area contributed by atoms with Crippen molar-refractivity contribution in [3.05, 3.63) is 52.9 Å². The number of hydrogen-bond donors (Lipinski definition) is 1. The van der Waals surface area contributed by atoms with E-state index < -0.39 is 0 Å². The maximum Gasteiger partial charge on any atom is 0.229 e. The number of benzene rings is 1. The van der Waals surface area contributed by atoms with Gasteiger partial charge in [-0.3, -0.25) is 4.79 Å². The minimum atomic E-state index is -0.139. The van der Waals surface area contributed by atoms with Gasteiger partial charge in [-0.05, 0) is 73.9 Å². The number of aromatic nitrogens is 2. The smallest absolute Gasteiger partial charge is 0.229 e. The zero-order valence-electron chi connectivity index (χ0n) is 18.2. The molecule has 1 N–H and O–H groups in total. The first-order chi connectivity index (χ1) is 15.1. The molecule has 2 aromatic rings. The van der Waals surface area contributed by atoms with Crippen LogP contribution in [0.5, 0.6) is 0 Å². The first-order valence-corrected chi connectivity index (χ1v) is 12.1. The van der Waals surface area contributed by atoms with Gasteiger partial charge in [0.15, 0.2) is 0 Å². The Labute approximate surface area is 189 Å². The molecule has 5 nitrogen and oxygen atoms in total. The van der Waals surface area contributed by atoms with Crippen molar-refractivity contribution in [2.75, 3.05) is 18.4 Å². The second kappa shape index (κ2) is 8.42. The van der Waals surface area contributed by atoms with Gasteiger partial charge in [0, 0.05) is 30.9 Å². The molecule has 1 aliphatic heterocycles. The molecule has 164 valence electrons. The third-order valence-corrected chi connectivity index (χ3v) is 7.77. The lowest BCUT2D eigenvalue weighted by molar-refractivity contribution is -0.136. The minimum absolute atomic E-state index is 0.139. The Kier molecular flexibility index (Phi) is 5.63. The monoisotopic (exact) mass is 438 g/mol. The predicted molar refractivity (Wildman–Crippen MR) is 123 cm³/mol. The highest BCUT2D eigenvalue weighted by Crippen LogP contribution is 2.51. The van der Waals surface area contributed by atoms with Crippen molar-refractivity contribution in [2.45, 2.75) is 57.9 Å². The Morgan fingerprint density at radius 3 is 2.71 bits per heavy atom. The number of carbonyl (C=O) groups is 1. The average molecular weight is 439 g/mol. The van der Waals surface area contributed by atoms with Gasteiger partial charge in [0.25, 0.3) is 0 Å². The van der Waals surface area contributed by atoms with E-state index in [2.05, 4.69) is 51.4 Å².